The molecule has 0 bridgehead atoms. The third-order valence-corrected chi connectivity index (χ3v) is 9.10. The molecule has 4 heterocycles. The number of nitrogens with one attached hydrogen (secondary N) is 1. The predicted octanol–water partition coefficient (Wildman–Crippen LogP) is 1.87. The second kappa shape index (κ2) is 11.8. The Kier molecular flexibility index (Phi) is 9.02. The zero-order valence-corrected chi connectivity index (χ0v) is 25.6. The van der Waals surface area contributed by atoms with Crippen LogP contribution in [0.1, 0.15) is 39.8 Å². The highest BCUT2D eigenvalue weighted by Crippen LogP contribution is 2.59. The largest absolute Gasteiger partial charge is 0.475 e. The van der Waals surface area contributed by atoms with Gasteiger partial charge in [-0.2, -0.15) is 10.4 Å². The van der Waals surface area contributed by atoms with Crippen molar-refractivity contribution < 1.29 is 46.7 Å². The number of hydrogen-bond donors (Lipinski definition) is 3. The van der Waals surface area contributed by atoms with Gasteiger partial charge in [-0.15, -0.1) is 0 Å². The van der Waals surface area contributed by atoms with Gasteiger partial charge in [0.15, 0.2) is 11.9 Å². The molecule has 2 aliphatic rings. The number of ether oxygens (including phenoxy) is 2. The molecule has 4 rings (SSSR count). The number of fused-ring (bicyclic) bond motifs is 1. The summed E-state index contributed by atoms with van der Waals surface area (Å²) in [6.07, 6.45) is -4.19. The highest BCUT2D eigenvalue weighted by molar-refractivity contribution is 9.10. The van der Waals surface area contributed by atoms with Crippen molar-refractivity contribution in [3.05, 3.63) is 24.2 Å². The van der Waals surface area contributed by atoms with E-state index in [4.69, 9.17) is 28.8 Å². The summed E-state index contributed by atoms with van der Waals surface area (Å²) in [5, 5.41) is 27.5. The van der Waals surface area contributed by atoms with Gasteiger partial charge >= 0.3 is 13.8 Å². The standard InChI is InChI=1S/C24H31BrFN6O9P/c1-13(2)39-17(33)7-8-29-21(35)19-22(3,4)11-38-42(36,41-19)37-9-15-18(34)24(25,26)23(10-27,40-15)16-6-5-14-20(28)30-12-31-32(14)16/h5-6,12-13,15,18-19,34H,7-9,11H2,1-4H3,(H,29,35)(H2,28,30,31)/t15-,18?,19+,23+,24?,42?/m1/s1. The van der Waals surface area contributed by atoms with E-state index in [0.29, 0.717) is 0 Å². The number of nitrogens with zero attached hydrogens (tertiary/aromatic N) is 4. The second-order valence-electron chi connectivity index (χ2n) is 10.7. The Labute approximate surface area is 248 Å². The summed E-state index contributed by atoms with van der Waals surface area (Å²) in [4.78, 5) is 28.5. The van der Waals surface area contributed by atoms with Crippen LogP contribution in [-0.2, 0) is 42.8 Å². The fourth-order valence-corrected chi connectivity index (χ4v) is 6.84. The molecule has 2 aromatic rings. The topological polar surface area (TPSA) is 210 Å². The van der Waals surface area contributed by atoms with Crippen molar-refractivity contribution in [2.75, 3.05) is 25.5 Å². The number of rotatable bonds is 9. The number of aliphatic hydroxyl groups excluding tert-OH is 1. The molecule has 2 aliphatic heterocycles. The molecular weight excluding hydrogens is 646 g/mol. The SMILES string of the molecule is CC(C)OC(=O)CCNC(=O)[C@@H]1OP(=O)(OC[C@H]2O[C@@](C#N)(c3ccc4c(N)ncnn34)C(F)(Br)C2O)OCC1(C)C. The van der Waals surface area contributed by atoms with Crippen LogP contribution in [0, 0.1) is 16.7 Å². The molecular formula is C24H31BrFN6O9P. The van der Waals surface area contributed by atoms with E-state index in [1.807, 2.05) is 0 Å². The fourth-order valence-electron chi connectivity index (χ4n) is 4.51. The van der Waals surface area contributed by atoms with Gasteiger partial charge in [0.05, 0.1) is 31.4 Å². The minimum Gasteiger partial charge on any atom is -0.463 e. The van der Waals surface area contributed by atoms with Gasteiger partial charge in [0, 0.05) is 12.0 Å². The van der Waals surface area contributed by atoms with Gasteiger partial charge in [0.2, 0.25) is 16.1 Å². The van der Waals surface area contributed by atoms with Gasteiger partial charge in [0.1, 0.15) is 30.1 Å². The van der Waals surface area contributed by atoms with Gasteiger partial charge in [-0.3, -0.25) is 23.2 Å². The van der Waals surface area contributed by atoms with E-state index in [0.717, 1.165) is 10.8 Å². The van der Waals surface area contributed by atoms with Crippen LogP contribution in [0.5, 0.6) is 0 Å². The minimum absolute atomic E-state index is 0.0560. The zero-order valence-electron chi connectivity index (χ0n) is 23.2. The van der Waals surface area contributed by atoms with Crippen molar-refractivity contribution in [1.29, 1.82) is 5.26 Å². The summed E-state index contributed by atoms with van der Waals surface area (Å²) >= 11 is 2.80. The molecule has 230 valence electrons. The van der Waals surface area contributed by atoms with Crippen LogP contribution in [0.4, 0.5) is 10.2 Å². The number of aliphatic hydroxyl groups is 1. The van der Waals surface area contributed by atoms with Gasteiger partial charge in [-0.1, -0.05) is 13.8 Å². The summed E-state index contributed by atoms with van der Waals surface area (Å²) in [7, 11) is -4.46. The lowest BCUT2D eigenvalue weighted by Gasteiger charge is -2.39. The molecule has 42 heavy (non-hydrogen) atoms. The number of carbonyl (C=O) groups excluding carboxylic acids is 2. The number of hydrogen-bond acceptors (Lipinski definition) is 13. The van der Waals surface area contributed by atoms with Crippen LogP contribution in [0.2, 0.25) is 0 Å². The van der Waals surface area contributed by atoms with Crippen LogP contribution >= 0.6 is 23.8 Å². The van der Waals surface area contributed by atoms with E-state index in [-0.39, 0.29) is 42.7 Å². The number of anilines is 1. The fraction of sp³-hybridized carbons (Fsp3) is 0.625. The summed E-state index contributed by atoms with van der Waals surface area (Å²) in [5.41, 5.74) is 2.59. The zero-order chi connectivity index (χ0) is 31.1. The van der Waals surface area contributed by atoms with E-state index in [9.17, 15) is 24.5 Å². The Hall–Kier alpha value is -2.71. The molecule has 15 nitrogen and oxygen atoms in total. The Balaban J connectivity index is 1.47. The van der Waals surface area contributed by atoms with E-state index >= 15 is 4.39 Å². The number of carbonyl (C=O) groups is 2. The smallest absolute Gasteiger partial charge is 0.463 e. The number of esters is 1. The molecule has 0 radical (unpaired) electrons. The lowest BCUT2D eigenvalue weighted by molar-refractivity contribution is -0.147. The first-order valence-electron chi connectivity index (χ1n) is 12.9. The highest BCUT2D eigenvalue weighted by atomic mass is 79.9. The van der Waals surface area contributed by atoms with Crippen LogP contribution < -0.4 is 11.1 Å². The van der Waals surface area contributed by atoms with Gasteiger partial charge in [0.25, 0.3) is 0 Å². The van der Waals surface area contributed by atoms with Crippen molar-refractivity contribution >= 4 is 47.0 Å². The number of phosphoric ester groups is 1. The van der Waals surface area contributed by atoms with Crippen molar-refractivity contribution in [3.8, 4) is 6.07 Å². The van der Waals surface area contributed by atoms with E-state index in [2.05, 4.69) is 31.3 Å². The van der Waals surface area contributed by atoms with Crippen molar-refractivity contribution in [1.82, 2.24) is 19.9 Å². The third kappa shape index (κ3) is 5.89. The Morgan fingerprint density at radius 1 is 1.43 bits per heavy atom. The van der Waals surface area contributed by atoms with Crippen LogP contribution in [0.25, 0.3) is 5.52 Å². The Morgan fingerprint density at radius 2 is 2.14 bits per heavy atom. The minimum atomic E-state index is -4.46. The molecule has 0 aliphatic carbocycles. The van der Waals surface area contributed by atoms with Crippen LogP contribution in [0.15, 0.2) is 18.5 Å². The molecule has 3 unspecified atom stereocenters. The summed E-state index contributed by atoms with van der Waals surface area (Å²) in [5.74, 6) is -1.12. The number of phosphoric acid groups is 1. The Bertz CT molecular complexity index is 1450. The first-order chi connectivity index (χ1) is 19.6. The monoisotopic (exact) mass is 676 g/mol. The lowest BCUT2D eigenvalue weighted by atomic mass is 9.87. The number of amides is 1. The second-order valence-corrected chi connectivity index (χ2v) is 13.5. The average molecular weight is 677 g/mol. The van der Waals surface area contributed by atoms with Gasteiger partial charge in [-0.05, 0) is 41.9 Å². The molecule has 0 saturated carbocycles. The van der Waals surface area contributed by atoms with E-state index in [1.165, 1.54) is 12.1 Å². The molecule has 2 saturated heterocycles. The maximum Gasteiger partial charge on any atom is 0.475 e. The molecule has 1 amide bonds. The number of alkyl halides is 2. The average Bonchev–Trinajstić information content (AvgIpc) is 3.43. The maximum atomic E-state index is 16.1. The summed E-state index contributed by atoms with van der Waals surface area (Å²) < 4.78 is 54.7. The van der Waals surface area contributed by atoms with Crippen LogP contribution in [0.3, 0.4) is 0 Å². The quantitative estimate of drug-likeness (QED) is 0.197. The summed E-state index contributed by atoms with van der Waals surface area (Å²) in [6.45, 7) is 5.63. The Morgan fingerprint density at radius 3 is 2.81 bits per heavy atom. The molecule has 0 aromatic carbocycles. The van der Waals surface area contributed by atoms with Gasteiger partial charge < -0.3 is 25.6 Å². The van der Waals surface area contributed by atoms with E-state index < -0.39 is 60.2 Å². The number of halogens is 2. The number of nitriles is 1. The molecule has 2 fully saturated rings. The van der Waals surface area contributed by atoms with Crippen LogP contribution in [-0.4, -0.2) is 80.3 Å². The van der Waals surface area contributed by atoms with Crippen molar-refractivity contribution in [2.24, 2.45) is 5.41 Å². The van der Waals surface area contributed by atoms with Gasteiger partial charge in [-0.25, -0.2) is 18.5 Å². The van der Waals surface area contributed by atoms with E-state index in [1.54, 1.807) is 33.8 Å². The van der Waals surface area contributed by atoms with Crippen molar-refractivity contribution in [3.63, 3.8) is 0 Å². The molecule has 6 atom stereocenters. The molecule has 2 aromatic heterocycles. The normalized spacial score (nSPS) is 32.5. The first-order valence-corrected chi connectivity index (χ1v) is 15.1. The lowest BCUT2D eigenvalue weighted by Crippen LogP contribution is -2.50. The molecule has 4 N–H and O–H groups in total. The molecule has 0 spiro atoms. The number of nitrogen functional groups attached to an aromatic ring is 1. The molecule has 18 heteroatoms. The predicted molar refractivity (Wildman–Crippen MR) is 145 cm³/mol. The number of aromatic nitrogens is 3. The highest BCUT2D eigenvalue weighted by Gasteiger charge is 2.69. The van der Waals surface area contributed by atoms with Crippen molar-refractivity contribution in [2.45, 2.75) is 68.7 Å². The third-order valence-electron chi connectivity index (χ3n) is 6.69. The summed E-state index contributed by atoms with van der Waals surface area (Å²) in [6, 6.07) is 4.56. The maximum absolute atomic E-state index is 16.1. The first kappa shape index (κ1) is 32.2. The number of nitrogens with two attached hydrogens (primary N) is 1.